The average Bonchev–Trinajstić information content (AvgIpc) is 2.92. The highest BCUT2D eigenvalue weighted by Gasteiger charge is 2.22. The van der Waals surface area contributed by atoms with Crippen molar-refractivity contribution in [2.45, 2.75) is 39.0 Å². The van der Waals surface area contributed by atoms with E-state index in [1.54, 1.807) is 0 Å². The topological polar surface area (TPSA) is 24.5 Å². The van der Waals surface area contributed by atoms with E-state index in [0.717, 1.165) is 39.2 Å². The summed E-state index contributed by atoms with van der Waals surface area (Å²) in [6.07, 6.45) is 1.55. The van der Waals surface area contributed by atoms with Crippen LogP contribution in [0.3, 0.4) is 0 Å². The molecule has 1 saturated heterocycles. The first-order valence-corrected chi connectivity index (χ1v) is 7.76. The zero-order valence-corrected chi connectivity index (χ0v) is 12.2. The number of morpholine rings is 1. The number of nitrogens with one attached hydrogen (secondary N) is 1. The molecule has 1 aliphatic heterocycles. The maximum Gasteiger partial charge on any atom is 0.0700 e. The van der Waals surface area contributed by atoms with Crippen LogP contribution in [-0.2, 0) is 11.3 Å². The summed E-state index contributed by atoms with van der Waals surface area (Å²) in [6, 6.07) is 4.88. The molecule has 0 saturated carbocycles. The minimum absolute atomic E-state index is 0.429. The van der Waals surface area contributed by atoms with Crippen molar-refractivity contribution >= 4 is 11.3 Å². The Bertz CT molecular complexity index is 329. The van der Waals surface area contributed by atoms with E-state index in [1.165, 1.54) is 4.88 Å². The van der Waals surface area contributed by atoms with Gasteiger partial charge >= 0.3 is 0 Å². The molecule has 1 N–H and O–H groups in total. The van der Waals surface area contributed by atoms with Crippen LogP contribution in [0.4, 0.5) is 0 Å². The molecule has 4 heteroatoms. The van der Waals surface area contributed by atoms with Gasteiger partial charge in [0.25, 0.3) is 0 Å². The first-order valence-electron chi connectivity index (χ1n) is 6.88. The number of rotatable bonds is 6. The lowest BCUT2D eigenvalue weighted by Crippen LogP contribution is -2.49. The van der Waals surface area contributed by atoms with Gasteiger partial charge in [0.15, 0.2) is 0 Å². The van der Waals surface area contributed by atoms with E-state index in [-0.39, 0.29) is 0 Å². The lowest BCUT2D eigenvalue weighted by molar-refractivity contribution is -0.0417. The van der Waals surface area contributed by atoms with Gasteiger partial charge in [-0.25, -0.2) is 0 Å². The van der Waals surface area contributed by atoms with Gasteiger partial charge in [0.1, 0.15) is 0 Å². The monoisotopic (exact) mass is 268 g/mol. The third-order valence-corrected chi connectivity index (χ3v) is 4.44. The molecule has 18 heavy (non-hydrogen) atoms. The second-order valence-electron chi connectivity index (χ2n) is 4.96. The Balaban J connectivity index is 1.68. The van der Waals surface area contributed by atoms with Gasteiger partial charge in [0.05, 0.1) is 12.7 Å². The van der Waals surface area contributed by atoms with Crippen LogP contribution >= 0.6 is 11.3 Å². The highest BCUT2D eigenvalue weighted by atomic mass is 32.1. The minimum Gasteiger partial charge on any atom is -0.376 e. The summed E-state index contributed by atoms with van der Waals surface area (Å²) >= 11 is 1.82. The maximum absolute atomic E-state index is 5.71. The maximum atomic E-state index is 5.71. The van der Waals surface area contributed by atoms with Crippen LogP contribution in [0.1, 0.15) is 25.1 Å². The molecular formula is C14H24N2OS. The minimum atomic E-state index is 0.429. The average molecular weight is 268 g/mol. The van der Waals surface area contributed by atoms with Crippen molar-refractivity contribution in [2.75, 3.05) is 26.2 Å². The molecule has 0 aromatic carbocycles. The fraction of sp³-hybridized carbons (Fsp3) is 0.714. The number of hydrogen-bond acceptors (Lipinski definition) is 4. The van der Waals surface area contributed by atoms with Gasteiger partial charge in [-0.2, -0.15) is 0 Å². The SMILES string of the molecule is CCC1CN(C(C)CNCc2cccs2)CCO1. The van der Waals surface area contributed by atoms with Gasteiger partial charge in [0.2, 0.25) is 0 Å². The van der Waals surface area contributed by atoms with Crippen LogP contribution in [0, 0.1) is 0 Å². The summed E-state index contributed by atoms with van der Waals surface area (Å²) in [6.45, 7) is 9.58. The highest BCUT2D eigenvalue weighted by Crippen LogP contribution is 2.11. The van der Waals surface area contributed by atoms with Crippen LogP contribution in [-0.4, -0.2) is 43.3 Å². The normalized spacial score (nSPS) is 23.1. The molecule has 2 unspecified atom stereocenters. The largest absolute Gasteiger partial charge is 0.376 e. The van der Waals surface area contributed by atoms with Crippen molar-refractivity contribution in [3.63, 3.8) is 0 Å². The quantitative estimate of drug-likeness (QED) is 0.857. The van der Waals surface area contributed by atoms with Gasteiger partial charge < -0.3 is 10.1 Å². The van der Waals surface area contributed by atoms with Gasteiger partial charge in [-0.15, -0.1) is 11.3 Å². The Morgan fingerprint density at radius 3 is 3.22 bits per heavy atom. The van der Waals surface area contributed by atoms with Crippen molar-refractivity contribution in [1.29, 1.82) is 0 Å². The Hall–Kier alpha value is -0.420. The lowest BCUT2D eigenvalue weighted by atomic mass is 10.2. The highest BCUT2D eigenvalue weighted by molar-refractivity contribution is 7.09. The number of hydrogen-bond donors (Lipinski definition) is 1. The number of ether oxygens (including phenoxy) is 1. The molecule has 0 aliphatic carbocycles. The van der Waals surface area contributed by atoms with Gasteiger partial charge in [-0.3, -0.25) is 4.90 Å². The second kappa shape index (κ2) is 7.24. The molecule has 2 rings (SSSR count). The van der Waals surface area contributed by atoms with Crippen molar-refractivity contribution in [2.24, 2.45) is 0 Å². The Morgan fingerprint density at radius 2 is 2.50 bits per heavy atom. The molecule has 1 fully saturated rings. The Morgan fingerprint density at radius 1 is 1.61 bits per heavy atom. The Labute approximate surface area is 114 Å². The van der Waals surface area contributed by atoms with Crippen molar-refractivity contribution in [3.8, 4) is 0 Å². The van der Waals surface area contributed by atoms with Gasteiger partial charge in [-0.05, 0) is 24.8 Å². The Kier molecular flexibility index (Phi) is 5.63. The fourth-order valence-corrected chi connectivity index (χ4v) is 3.01. The summed E-state index contributed by atoms with van der Waals surface area (Å²) < 4.78 is 5.71. The predicted octanol–water partition coefficient (Wildman–Crippen LogP) is 2.34. The number of thiophene rings is 1. The zero-order chi connectivity index (χ0) is 12.8. The van der Waals surface area contributed by atoms with Crippen LogP contribution in [0.5, 0.6) is 0 Å². The third-order valence-electron chi connectivity index (χ3n) is 3.57. The van der Waals surface area contributed by atoms with Crippen molar-refractivity contribution in [1.82, 2.24) is 10.2 Å². The zero-order valence-electron chi connectivity index (χ0n) is 11.4. The van der Waals surface area contributed by atoms with Crippen LogP contribution in [0.15, 0.2) is 17.5 Å². The van der Waals surface area contributed by atoms with E-state index in [0.29, 0.717) is 12.1 Å². The van der Waals surface area contributed by atoms with E-state index in [9.17, 15) is 0 Å². The molecule has 1 aromatic heterocycles. The molecule has 0 radical (unpaired) electrons. The van der Waals surface area contributed by atoms with Gasteiger partial charge in [0, 0.05) is 37.1 Å². The molecule has 102 valence electrons. The van der Waals surface area contributed by atoms with E-state index >= 15 is 0 Å². The fourth-order valence-electron chi connectivity index (χ4n) is 2.34. The van der Waals surface area contributed by atoms with Crippen LogP contribution in [0.2, 0.25) is 0 Å². The van der Waals surface area contributed by atoms with E-state index < -0.39 is 0 Å². The molecular weight excluding hydrogens is 244 g/mol. The lowest BCUT2D eigenvalue weighted by Gasteiger charge is -2.36. The second-order valence-corrected chi connectivity index (χ2v) is 5.99. The van der Waals surface area contributed by atoms with Crippen molar-refractivity contribution in [3.05, 3.63) is 22.4 Å². The summed E-state index contributed by atoms with van der Waals surface area (Å²) in [7, 11) is 0. The summed E-state index contributed by atoms with van der Waals surface area (Å²) in [4.78, 5) is 3.95. The third kappa shape index (κ3) is 4.05. The van der Waals surface area contributed by atoms with Crippen LogP contribution in [0.25, 0.3) is 0 Å². The first-order chi connectivity index (χ1) is 8.79. The standard InChI is InChI=1S/C14H24N2OS/c1-3-13-11-16(6-7-17-13)12(2)9-15-10-14-5-4-8-18-14/h4-5,8,12-13,15H,3,6-7,9-11H2,1-2H3. The summed E-state index contributed by atoms with van der Waals surface area (Å²) in [5.74, 6) is 0. The molecule has 2 atom stereocenters. The summed E-state index contributed by atoms with van der Waals surface area (Å²) in [5, 5.41) is 5.68. The molecule has 0 bridgehead atoms. The molecule has 0 spiro atoms. The molecule has 1 aliphatic rings. The van der Waals surface area contributed by atoms with E-state index in [2.05, 4.69) is 41.6 Å². The van der Waals surface area contributed by atoms with Gasteiger partial charge in [-0.1, -0.05) is 13.0 Å². The van der Waals surface area contributed by atoms with E-state index in [1.807, 2.05) is 11.3 Å². The van der Waals surface area contributed by atoms with Crippen molar-refractivity contribution < 1.29 is 4.74 Å². The molecule has 3 nitrogen and oxygen atoms in total. The smallest absolute Gasteiger partial charge is 0.0700 e. The summed E-state index contributed by atoms with van der Waals surface area (Å²) in [5.41, 5.74) is 0. The van der Waals surface area contributed by atoms with Crippen LogP contribution < -0.4 is 5.32 Å². The molecule has 1 aromatic rings. The molecule has 2 heterocycles. The van der Waals surface area contributed by atoms with E-state index in [4.69, 9.17) is 4.74 Å². The first kappa shape index (κ1) is 14.0. The predicted molar refractivity (Wildman–Crippen MR) is 77.1 cm³/mol. The molecule has 0 amide bonds. The number of nitrogens with zero attached hydrogens (tertiary/aromatic N) is 1.